The van der Waals surface area contributed by atoms with Crippen LogP contribution in [-0.4, -0.2) is 29.0 Å². The van der Waals surface area contributed by atoms with Gasteiger partial charge in [0, 0.05) is 10.2 Å². The maximum Gasteiger partial charge on any atom is 0.209 e. The lowest BCUT2D eigenvalue weighted by Crippen LogP contribution is -1.95. The second kappa shape index (κ2) is 7.72. The monoisotopic (exact) mass is 405 g/mol. The van der Waals surface area contributed by atoms with Crippen molar-refractivity contribution in [3.63, 3.8) is 0 Å². The first kappa shape index (κ1) is 16.9. The molecule has 24 heavy (non-hydrogen) atoms. The first-order valence-corrected chi connectivity index (χ1v) is 8.99. The van der Waals surface area contributed by atoms with E-state index in [0.717, 1.165) is 26.6 Å². The molecule has 0 radical (unpaired) electrons. The van der Waals surface area contributed by atoms with Gasteiger partial charge in [-0.05, 0) is 29.8 Å². The molecule has 0 aliphatic rings. The Hall–Kier alpha value is -1.99. The minimum Gasteiger partial charge on any atom is -0.493 e. The molecular formula is C17H16BrN3O2S. The molecule has 0 fully saturated rings. The van der Waals surface area contributed by atoms with Crippen molar-refractivity contribution in [2.75, 3.05) is 14.2 Å². The standard InChI is InChI=1S/C17H16BrN3O2S/c1-22-15-8-12(14(18)9-16(15)23-2)10-24-17-19-11-21(20-17)13-6-4-3-5-7-13/h3-9,11H,10H2,1-2H3. The van der Waals surface area contributed by atoms with Gasteiger partial charge in [0.2, 0.25) is 5.16 Å². The quantitative estimate of drug-likeness (QED) is 0.570. The number of aromatic nitrogens is 3. The van der Waals surface area contributed by atoms with Crippen molar-refractivity contribution in [2.45, 2.75) is 10.9 Å². The Kier molecular flexibility index (Phi) is 5.42. The zero-order valence-electron chi connectivity index (χ0n) is 13.3. The molecule has 0 bridgehead atoms. The second-order valence-electron chi connectivity index (χ2n) is 4.89. The Labute approximate surface area is 153 Å². The largest absolute Gasteiger partial charge is 0.493 e. The van der Waals surface area contributed by atoms with E-state index < -0.39 is 0 Å². The lowest BCUT2D eigenvalue weighted by atomic mass is 10.2. The third kappa shape index (κ3) is 3.73. The highest BCUT2D eigenvalue weighted by Gasteiger charge is 2.11. The van der Waals surface area contributed by atoms with E-state index >= 15 is 0 Å². The highest BCUT2D eigenvalue weighted by atomic mass is 79.9. The van der Waals surface area contributed by atoms with E-state index in [1.807, 2.05) is 42.5 Å². The lowest BCUT2D eigenvalue weighted by Gasteiger charge is -2.11. The molecule has 3 rings (SSSR count). The fourth-order valence-electron chi connectivity index (χ4n) is 2.17. The average molecular weight is 406 g/mol. The number of thioether (sulfide) groups is 1. The number of para-hydroxylation sites is 1. The molecule has 0 aliphatic carbocycles. The van der Waals surface area contributed by atoms with Gasteiger partial charge in [-0.3, -0.25) is 0 Å². The van der Waals surface area contributed by atoms with Crippen molar-refractivity contribution in [1.82, 2.24) is 14.8 Å². The first-order chi connectivity index (χ1) is 11.7. The summed E-state index contributed by atoms with van der Waals surface area (Å²) in [4.78, 5) is 4.36. The van der Waals surface area contributed by atoms with Crippen LogP contribution in [0.5, 0.6) is 11.5 Å². The summed E-state index contributed by atoms with van der Waals surface area (Å²) in [6, 6.07) is 13.8. The summed E-state index contributed by atoms with van der Waals surface area (Å²) >= 11 is 5.14. The van der Waals surface area contributed by atoms with Crippen LogP contribution in [0.15, 0.2) is 58.4 Å². The maximum absolute atomic E-state index is 5.36. The molecule has 0 aliphatic heterocycles. The van der Waals surface area contributed by atoms with E-state index in [-0.39, 0.29) is 0 Å². The molecule has 7 heteroatoms. The summed E-state index contributed by atoms with van der Waals surface area (Å²) in [5.74, 6) is 2.13. The number of nitrogens with zero attached hydrogens (tertiary/aromatic N) is 3. The Morgan fingerprint density at radius 1 is 1.08 bits per heavy atom. The average Bonchev–Trinajstić information content (AvgIpc) is 3.10. The van der Waals surface area contributed by atoms with Gasteiger partial charge in [-0.15, -0.1) is 5.10 Å². The predicted octanol–water partition coefficient (Wildman–Crippen LogP) is 4.34. The summed E-state index contributed by atoms with van der Waals surface area (Å²) < 4.78 is 13.4. The maximum atomic E-state index is 5.36. The highest BCUT2D eigenvalue weighted by molar-refractivity contribution is 9.10. The minimum absolute atomic E-state index is 0.699. The summed E-state index contributed by atoms with van der Waals surface area (Å²) in [6.07, 6.45) is 1.72. The zero-order chi connectivity index (χ0) is 16.9. The molecule has 0 N–H and O–H groups in total. The zero-order valence-corrected chi connectivity index (χ0v) is 15.7. The number of rotatable bonds is 6. The second-order valence-corrected chi connectivity index (χ2v) is 6.69. The fourth-order valence-corrected chi connectivity index (χ4v) is 3.61. The van der Waals surface area contributed by atoms with Crippen molar-refractivity contribution in [3.05, 3.63) is 58.8 Å². The SMILES string of the molecule is COc1cc(Br)c(CSc2ncn(-c3ccccc3)n2)cc1OC. The Bertz CT molecular complexity index is 824. The van der Waals surface area contributed by atoms with E-state index in [2.05, 4.69) is 26.0 Å². The third-order valence-corrected chi connectivity index (χ3v) is 5.04. The number of methoxy groups -OCH3 is 2. The number of hydrogen-bond acceptors (Lipinski definition) is 5. The van der Waals surface area contributed by atoms with E-state index in [1.54, 1.807) is 37.0 Å². The summed E-state index contributed by atoms with van der Waals surface area (Å²) in [6.45, 7) is 0. The number of halogens is 1. The van der Waals surface area contributed by atoms with Crippen molar-refractivity contribution < 1.29 is 9.47 Å². The minimum atomic E-state index is 0.699. The molecule has 5 nitrogen and oxygen atoms in total. The highest BCUT2D eigenvalue weighted by Crippen LogP contribution is 2.35. The molecule has 0 saturated heterocycles. The van der Waals surface area contributed by atoms with Gasteiger partial charge in [0.25, 0.3) is 0 Å². The molecule has 3 aromatic rings. The van der Waals surface area contributed by atoms with E-state index in [4.69, 9.17) is 9.47 Å². The predicted molar refractivity (Wildman–Crippen MR) is 98.2 cm³/mol. The van der Waals surface area contributed by atoms with Gasteiger partial charge in [0.1, 0.15) is 6.33 Å². The van der Waals surface area contributed by atoms with Crippen LogP contribution in [0.4, 0.5) is 0 Å². The summed E-state index contributed by atoms with van der Waals surface area (Å²) in [5.41, 5.74) is 2.08. The van der Waals surface area contributed by atoms with Gasteiger partial charge in [-0.2, -0.15) is 0 Å². The van der Waals surface area contributed by atoms with Crippen LogP contribution < -0.4 is 9.47 Å². The fraction of sp³-hybridized carbons (Fsp3) is 0.176. The van der Waals surface area contributed by atoms with Gasteiger partial charge in [-0.25, -0.2) is 9.67 Å². The van der Waals surface area contributed by atoms with Crippen LogP contribution in [-0.2, 0) is 5.75 Å². The van der Waals surface area contributed by atoms with E-state index in [1.165, 1.54) is 0 Å². The number of hydrogen-bond donors (Lipinski definition) is 0. The van der Waals surface area contributed by atoms with Crippen LogP contribution in [0, 0.1) is 0 Å². The van der Waals surface area contributed by atoms with Gasteiger partial charge in [-0.1, -0.05) is 45.9 Å². The first-order valence-electron chi connectivity index (χ1n) is 7.21. The Morgan fingerprint density at radius 2 is 1.79 bits per heavy atom. The van der Waals surface area contributed by atoms with Gasteiger partial charge < -0.3 is 9.47 Å². The van der Waals surface area contributed by atoms with Crippen LogP contribution in [0.25, 0.3) is 5.69 Å². The summed E-state index contributed by atoms with van der Waals surface area (Å²) in [5, 5.41) is 5.22. The van der Waals surface area contributed by atoms with E-state index in [9.17, 15) is 0 Å². The van der Waals surface area contributed by atoms with E-state index in [0.29, 0.717) is 11.5 Å². The van der Waals surface area contributed by atoms with Gasteiger partial charge >= 0.3 is 0 Å². The van der Waals surface area contributed by atoms with Crippen LogP contribution in [0.3, 0.4) is 0 Å². The molecule has 0 amide bonds. The lowest BCUT2D eigenvalue weighted by molar-refractivity contribution is 0.354. The van der Waals surface area contributed by atoms with Crippen molar-refractivity contribution in [2.24, 2.45) is 0 Å². The molecule has 2 aromatic carbocycles. The molecule has 1 heterocycles. The van der Waals surface area contributed by atoms with Crippen LogP contribution >= 0.6 is 27.7 Å². The molecule has 124 valence electrons. The third-order valence-electron chi connectivity index (χ3n) is 3.40. The molecule has 0 saturated carbocycles. The Morgan fingerprint density at radius 3 is 2.50 bits per heavy atom. The molecule has 0 spiro atoms. The van der Waals surface area contributed by atoms with Crippen LogP contribution in [0.1, 0.15) is 5.56 Å². The molecule has 0 unspecified atom stereocenters. The van der Waals surface area contributed by atoms with Gasteiger partial charge in [0.05, 0.1) is 19.9 Å². The molecule has 0 atom stereocenters. The van der Waals surface area contributed by atoms with Crippen molar-refractivity contribution >= 4 is 27.7 Å². The number of benzene rings is 2. The van der Waals surface area contributed by atoms with Crippen molar-refractivity contribution in [3.8, 4) is 17.2 Å². The Balaban J connectivity index is 1.73. The smallest absolute Gasteiger partial charge is 0.209 e. The molecular weight excluding hydrogens is 390 g/mol. The topological polar surface area (TPSA) is 49.2 Å². The van der Waals surface area contributed by atoms with Crippen molar-refractivity contribution in [1.29, 1.82) is 0 Å². The molecule has 1 aromatic heterocycles. The van der Waals surface area contributed by atoms with Crippen LogP contribution in [0.2, 0.25) is 0 Å². The number of ether oxygens (including phenoxy) is 2. The normalized spacial score (nSPS) is 10.6. The van der Waals surface area contributed by atoms with Gasteiger partial charge in [0.15, 0.2) is 11.5 Å². The summed E-state index contributed by atoms with van der Waals surface area (Å²) in [7, 11) is 3.25.